The predicted molar refractivity (Wildman–Crippen MR) is 121 cm³/mol. The van der Waals surface area contributed by atoms with Crippen LogP contribution in [0.1, 0.15) is 32.0 Å². The number of benzene rings is 2. The average molecular weight is 482 g/mol. The quantitative estimate of drug-likeness (QED) is 0.400. The van der Waals surface area contributed by atoms with Crippen LogP contribution >= 0.6 is 0 Å². The summed E-state index contributed by atoms with van der Waals surface area (Å²) in [5, 5.41) is 15.5. The van der Waals surface area contributed by atoms with Crippen LogP contribution < -0.4 is 16.2 Å². The van der Waals surface area contributed by atoms with Gasteiger partial charge in [-0.3, -0.25) is 14.4 Å². The van der Waals surface area contributed by atoms with Gasteiger partial charge in [-0.2, -0.15) is 23.4 Å². The number of hydrogen-bond donors (Lipinski definition) is 3. The van der Waals surface area contributed by atoms with E-state index in [2.05, 4.69) is 25.9 Å². The first-order chi connectivity index (χ1) is 16.6. The molecule has 0 radical (unpaired) electrons. The molecule has 0 saturated carbocycles. The van der Waals surface area contributed by atoms with Gasteiger partial charge in [0.05, 0.1) is 23.0 Å². The van der Waals surface area contributed by atoms with Crippen LogP contribution in [0.5, 0.6) is 0 Å². The van der Waals surface area contributed by atoms with E-state index < -0.39 is 23.6 Å². The number of aromatic amines is 1. The zero-order valence-corrected chi connectivity index (χ0v) is 18.1. The normalized spacial score (nSPS) is 11.2. The first kappa shape index (κ1) is 23.4. The van der Waals surface area contributed by atoms with Gasteiger partial charge in [-0.15, -0.1) is 0 Å². The average Bonchev–Trinajstić information content (AvgIpc) is 3.20. The molecule has 0 aliphatic heterocycles. The van der Waals surface area contributed by atoms with Crippen LogP contribution in [-0.2, 0) is 6.18 Å². The zero-order chi connectivity index (χ0) is 25.2. The lowest BCUT2D eigenvalue weighted by molar-refractivity contribution is -0.137. The predicted octanol–water partition coefficient (Wildman–Crippen LogP) is 3.79. The summed E-state index contributed by atoms with van der Waals surface area (Å²) in [5.41, 5.74) is -0.141. The Hall–Kier alpha value is -4.74. The third kappa shape index (κ3) is 5.27. The lowest BCUT2D eigenvalue weighted by atomic mass is 10.1. The second-order valence-electron chi connectivity index (χ2n) is 7.40. The minimum Gasteiger partial charge on any atom is -0.322 e. The molecule has 0 bridgehead atoms. The van der Waals surface area contributed by atoms with E-state index in [0.717, 1.165) is 18.2 Å². The Bertz CT molecular complexity index is 1460. The molecule has 0 fully saturated rings. The summed E-state index contributed by atoms with van der Waals surface area (Å²) in [4.78, 5) is 36.4. The number of H-pyrrole nitrogens is 1. The highest BCUT2D eigenvalue weighted by molar-refractivity contribution is 6.06. The van der Waals surface area contributed by atoms with Crippen LogP contribution in [-0.4, -0.2) is 31.8 Å². The van der Waals surface area contributed by atoms with Gasteiger partial charge in [0, 0.05) is 23.0 Å². The summed E-state index contributed by atoms with van der Waals surface area (Å²) in [6, 6.07) is 13.0. The molecule has 0 saturated heterocycles. The van der Waals surface area contributed by atoms with E-state index in [9.17, 15) is 27.6 Å². The number of nitrogens with one attached hydrogen (secondary N) is 3. The number of hydrogen-bond acceptors (Lipinski definition) is 5. The fourth-order valence-corrected chi connectivity index (χ4v) is 3.23. The fraction of sp³-hybridized carbons (Fsp3) is 0.0870. The number of carbonyl (C=O) groups excluding carboxylic acids is 2. The van der Waals surface area contributed by atoms with Crippen molar-refractivity contribution in [3.05, 3.63) is 99.6 Å². The van der Waals surface area contributed by atoms with E-state index in [-0.39, 0.29) is 22.4 Å². The number of aromatic nitrogens is 4. The lowest BCUT2D eigenvalue weighted by Crippen LogP contribution is -2.15. The van der Waals surface area contributed by atoms with Gasteiger partial charge < -0.3 is 10.6 Å². The number of carbonyl (C=O) groups is 2. The molecule has 12 heteroatoms. The summed E-state index contributed by atoms with van der Waals surface area (Å²) in [7, 11) is 0. The van der Waals surface area contributed by atoms with Crippen molar-refractivity contribution in [2.75, 3.05) is 10.6 Å². The molecule has 35 heavy (non-hydrogen) atoms. The van der Waals surface area contributed by atoms with Gasteiger partial charge in [0.2, 0.25) is 0 Å². The summed E-state index contributed by atoms with van der Waals surface area (Å²) in [5.74, 6) is -0.898. The van der Waals surface area contributed by atoms with Crippen molar-refractivity contribution < 1.29 is 22.8 Å². The Balaban J connectivity index is 1.48. The Morgan fingerprint density at radius 2 is 1.63 bits per heavy atom. The number of alkyl halides is 3. The minimum atomic E-state index is -4.57. The highest BCUT2D eigenvalue weighted by Gasteiger charge is 2.30. The van der Waals surface area contributed by atoms with E-state index in [4.69, 9.17) is 0 Å². The summed E-state index contributed by atoms with van der Waals surface area (Å²) >= 11 is 0. The van der Waals surface area contributed by atoms with Crippen LogP contribution in [0.4, 0.5) is 24.5 Å². The van der Waals surface area contributed by atoms with Gasteiger partial charge >= 0.3 is 6.18 Å². The zero-order valence-electron chi connectivity index (χ0n) is 18.1. The first-order valence-corrected chi connectivity index (χ1v) is 10.1. The molecule has 0 aliphatic carbocycles. The molecule has 3 N–H and O–H groups in total. The number of rotatable bonds is 5. The molecule has 0 unspecified atom stereocenters. The number of amides is 2. The topological polar surface area (TPSA) is 122 Å². The van der Waals surface area contributed by atoms with Gasteiger partial charge in [0.1, 0.15) is 0 Å². The van der Waals surface area contributed by atoms with Crippen molar-refractivity contribution >= 4 is 23.2 Å². The number of anilines is 2. The molecule has 0 spiro atoms. The first-order valence-electron chi connectivity index (χ1n) is 10.1. The Morgan fingerprint density at radius 3 is 2.29 bits per heavy atom. The second kappa shape index (κ2) is 9.25. The maximum Gasteiger partial charge on any atom is 0.416 e. The molecule has 0 atom stereocenters. The molecule has 9 nitrogen and oxygen atoms in total. The minimum absolute atomic E-state index is 0.159. The molecular weight excluding hydrogens is 465 g/mol. The second-order valence-corrected chi connectivity index (χ2v) is 7.40. The molecule has 2 heterocycles. The summed E-state index contributed by atoms with van der Waals surface area (Å²) in [6.07, 6.45) is -3.23. The van der Waals surface area contributed by atoms with E-state index >= 15 is 0 Å². The van der Waals surface area contributed by atoms with Crippen LogP contribution in [0.2, 0.25) is 0 Å². The standard InChI is InChI=1S/C23H17F3N6O3/c1-13-18(12-27-32(13)19-8-9-20(33)31-30-19)22(35)29-17-7-3-6-16(11-17)28-21(34)14-4-2-5-15(10-14)23(24,25)26/h2-12H,1H3,(H,28,34)(H,29,35)(H,31,33). The van der Waals surface area contributed by atoms with Crippen LogP contribution in [0.15, 0.2) is 71.7 Å². The molecule has 4 aromatic rings. The van der Waals surface area contributed by atoms with Crippen molar-refractivity contribution in [1.82, 2.24) is 20.0 Å². The Kier molecular flexibility index (Phi) is 6.19. The smallest absolute Gasteiger partial charge is 0.322 e. The molecule has 178 valence electrons. The van der Waals surface area contributed by atoms with E-state index in [1.807, 2.05) is 0 Å². The van der Waals surface area contributed by atoms with Crippen molar-refractivity contribution in [1.29, 1.82) is 0 Å². The highest BCUT2D eigenvalue weighted by atomic mass is 19.4. The largest absolute Gasteiger partial charge is 0.416 e. The van der Waals surface area contributed by atoms with Crippen molar-refractivity contribution in [2.45, 2.75) is 13.1 Å². The maximum atomic E-state index is 12.9. The molecule has 0 aliphatic rings. The van der Waals surface area contributed by atoms with Crippen molar-refractivity contribution in [3.8, 4) is 5.82 Å². The molecule has 2 aromatic heterocycles. The lowest BCUT2D eigenvalue weighted by Gasteiger charge is -2.11. The molecular formula is C23H17F3N6O3. The SMILES string of the molecule is Cc1c(C(=O)Nc2cccc(NC(=O)c3cccc(C(F)(F)F)c3)c2)cnn1-c1ccc(=O)[nH]n1. The summed E-state index contributed by atoms with van der Waals surface area (Å²) in [6.45, 7) is 1.65. The van der Waals surface area contributed by atoms with Gasteiger partial charge in [-0.05, 0) is 49.4 Å². The molecule has 4 rings (SSSR count). The Morgan fingerprint density at radius 1 is 0.943 bits per heavy atom. The highest BCUT2D eigenvalue weighted by Crippen LogP contribution is 2.29. The van der Waals surface area contributed by atoms with E-state index in [1.165, 1.54) is 41.2 Å². The van der Waals surface area contributed by atoms with Gasteiger partial charge in [-0.1, -0.05) is 12.1 Å². The van der Waals surface area contributed by atoms with Crippen molar-refractivity contribution in [2.24, 2.45) is 0 Å². The van der Waals surface area contributed by atoms with Crippen molar-refractivity contribution in [3.63, 3.8) is 0 Å². The fourth-order valence-electron chi connectivity index (χ4n) is 3.23. The van der Waals surface area contributed by atoms with Crippen LogP contribution in [0.25, 0.3) is 5.82 Å². The monoisotopic (exact) mass is 482 g/mol. The van der Waals surface area contributed by atoms with Crippen LogP contribution in [0, 0.1) is 6.92 Å². The van der Waals surface area contributed by atoms with Gasteiger partial charge in [0.25, 0.3) is 17.4 Å². The third-order valence-corrected chi connectivity index (χ3v) is 4.97. The number of halogens is 3. The molecule has 2 aromatic carbocycles. The summed E-state index contributed by atoms with van der Waals surface area (Å²) < 4.78 is 40.1. The maximum absolute atomic E-state index is 12.9. The third-order valence-electron chi connectivity index (χ3n) is 4.97. The molecule has 2 amide bonds. The van der Waals surface area contributed by atoms with Crippen LogP contribution in [0.3, 0.4) is 0 Å². The van der Waals surface area contributed by atoms with E-state index in [0.29, 0.717) is 17.2 Å². The van der Waals surface area contributed by atoms with Gasteiger partial charge in [0.15, 0.2) is 5.82 Å². The number of nitrogens with zero attached hydrogens (tertiary/aromatic N) is 3. The van der Waals surface area contributed by atoms with Gasteiger partial charge in [-0.25, -0.2) is 9.78 Å². The Labute approximate surface area is 195 Å². The van der Waals surface area contributed by atoms with E-state index in [1.54, 1.807) is 19.1 Å².